The molecule has 0 spiro atoms. The highest BCUT2D eigenvalue weighted by Crippen LogP contribution is 2.23. The van der Waals surface area contributed by atoms with Gasteiger partial charge in [-0.1, -0.05) is 89.3 Å². The van der Waals surface area contributed by atoms with E-state index in [0.717, 1.165) is 47.5 Å². The smallest absolute Gasteiger partial charge is 0.243 e. The van der Waals surface area contributed by atoms with Crippen molar-refractivity contribution in [3.8, 4) is 0 Å². The summed E-state index contributed by atoms with van der Waals surface area (Å²) in [6, 6.07) is 23.4. The number of carbonyl (C=O) groups is 2. The van der Waals surface area contributed by atoms with E-state index >= 15 is 0 Å². The normalized spacial score (nSPS) is 14.6. The van der Waals surface area contributed by atoms with Crippen molar-refractivity contribution in [3.63, 3.8) is 0 Å². The number of hydrogen-bond donors (Lipinski definition) is 1. The zero-order chi connectivity index (χ0) is 30.8. The van der Waals surface area contributed by atoms with Crippen LogP contribution < -0.4 is 9.62 Å². The zero-order valence-electron chi connectivity index (χ0n) is 24.4. The lowest BCUT2D eigenvalue weighted by atomic mass is 9.94. The van der Waals surface area contributed by atoms with E-state index in [0.29, 0.717) is 17.1 Å². The number of rotatable bonds is 13. The van der Waals surface area contributed by atoms with Crippen LogP contribution in [0.15, 0.2) is 83.3 Å². The van der Waals surface area contributed by atoms with E-state index < -0.39 is 16.1 Å². The molecule has 230 valence electrons. The number of benzene rings is 3. The first-order valence-electron chi connectivity index (χ1n) is 14.7. The Hall–Kier alpha value is -2.88. The molecule has 2 amide bonds. The number of carbonyl (C=O) groups excluding carboxylic acids is 2. The lowest BCUT2D eigenvalue weighted by Gasteiger charge is -2.34. The molecule has 1 aliphatic carbocycles. The van der Waals surface area contributed by atoms with Crippen molar-refractivity contribution < 1.29 is 18.0 Å². The molecule has 0 radical (unpaired) electrons. The average molecular weight is 689 g/mol. The number of sulfonamides is 1. The van der Waals surface area contributed by atoms with Crippen LogP contribution in [0, 0.1) is 0 Å². The van der Waals surface area contributed by atoms with E-state index in [9.17, 15) is 18.0 Å². The highest BCUT2D eigenvalue weighted by molar-refractivity contribution is 9.10. The van der Waals surface area contributed by atoms with E-state index in [-0.39, 0.29) is 43.8 Å². The lowest BCUT2D eigenvalue weighted by Crippen LogP contribution is -2.52. The third-order valence-electron chi connectivity index (χ3n) is 7.73. The molecule has 1 N–H and O–H groups in total. The molecule has 4 rings (SSSR count). The minimum Gasteiger partial charge on any atom is -0.352 e. The fourth-order valence-corrected chi connectivity index (χ4v) is 7.08. The van der Waals surface area contributed by atoms with Gasteiger partial charge in [-0.15, -0.1) is 0 Å². The maximum atomic E-state index is 14.0. The molecule has 43 heavy (non-hydrogen) atoms. The van der Waals surface area contributed by atoms with Gasteiger partial charge in [0.25, 0.3) is 0 Å². The van der Waals surface area contributed by atoms with Crippen molar-refractivity contribution in [3.05, 3.63) is 99.5 Å². The third kappa shape index (κ3) is 10.1. The van der Waals surface area contributed by atoms with Crippen LogP contribution in [0.1, 0.15) is 56.1 Å². The highest BCUT2D eigenvalue weighted by Gasteiger charge is 2.32. The Balaban J connectivity index is 1.58. The van der Waals surface area contributed by atoms with Crippen molar-refractivity contribution in [1.29, 1.82) is 0 Å². The largest absolute Gasteiger partial charge is 0.352 e. The molecular formula is C33H39BrClN3O4S. The Morgan fingerprint density at radius 2 is 1.63 bits per heavy atom. The Morgan fingerprint density at radius 1 is 0.953 bits per heavy atom. The molecule has 7 nitrogen and oxygen atoms in total. The summed E-state index contributed by atoms with van der Waals surface area (Å²) in [5, 5.41) is 3.76. The van der Waals surface area contributed by atoms with Gasteiger partial charge in [-0.25, -0.2) is 8.42 Å². The summed E-state index contributed by atoms with van der Waals surface area (Å²) in [5.74, 6) is -0.359. The number of amides is 2. The summed E-state index contributed by atoms with van der Waals surface area (Å²) < 4.78 is 27.4. The van der Waals surface area contributed by atoms with Crippen LogP contribution in [0.3, 0.4) is 0 Å². The Morgan fingerprint density at radius 3 is 2.28 bits per heavy atom. The number of nitrogens with one attached hydrogen (secondary N) is 1. The number of halogens is 2. The molecular weight excluding hydrogens is 650 g/mol. The second-order valence-corrected chi connectivity index (χ2v) is 14.4. The molecule has 1 atom stereocenters. The molecule has 1 fully saturated rings. The van der Waals surface area contributed by atoms with Gasteiger partial charge in [0.15, 0.2) is 0 Å². The molecule has 0 bridgehead atoms. The van der Waals surface area contributed by atoms with E-state index in [4.69, 9.17) is 11.6 Å². The van der Waals surface area contributed by atoms with Crippen molar-refractivity contribution in [2.75, 3.05) is 17.1 Å². The van der Waals surface area contributed by atoms with Crippen LogP contribution in [0.2, 0.25) is 5.02 Å². The summed E-state index contributed by atoms with van der Waals surface area (Å²) in [4.78, 5) is 29.6. The van der Waals surface area contributed by atoms with Crippen molar-refractivity contribution in [2.45, 2.75) is 70.0 Å². The van der Waals surface area contributed by atoms with Crippen LogP contribution in [0.5, 0.6) is 0 Å². The predicted octanol–water partition coefficient (Wildman–Crippen LogP) is 6.74. The molecule has 0 heterocycles. The first-order chi connectivity index (χ1) is 20.6. The Kier molecular flexibility index (Phi) is 12.1. The fraction of sp³-hybridized carbons (Fsp3) is 0.394. The van der Waals surface area contributed by atoms with Crippen LogP contribution in [-0.2, 0) is 32.6 Å². The van der Waals surface area contributed by atoms with Crippen LogP contribution in [-0.4, -0.2) is 50.0 Å². The van der Waals surface area contributed by atoms with E-state index in [1.807, 2.05) is 54.6 Å². The summed E-state index contributed by atoms with van der Waals surface area (Å²) in [6.07, 6.45) is 7.10. The molecule has 1 saturated carbocycles. The summed E-state index contributed by atoms with van der Waals surface area (Å²) in [5.41, 5.74) is 2.34. The Labute approximate surface area is 268 Å². The molecule has 0 aromatic heterocycles. The minimum atomic E-state index is -3.59. The second kappa shape index (κ2) is 15.7. The minimum absolute atomic E-state index is 0.0790. The predicted molar refractivity (Wildman–Crippen MR) is 177 cm³/mol. The first kappa shape index (κ1) is 33.0. The van der Waals surface area contributed by atoms with Crippen molar-refractivity contribution in [1.82, 2.24) is 10.2 Å². The fourth-order valence-electron chi connectivity index (χ4n) is 5.54. The standard InChI is InChI=1S/C33H39BrClN3O4S/c1-43(41,42)38(30-19-17-28(35)18-20-30)21-9-16-32(39)37(24-26-12-8-13-27(34)22-26)31(23-25-10-4-2-5-11-25)33(40)36-29-14-6-3-7-15-29/h2,4-5,8,10-13,17-20,22,29,31H,3,6-7,9,14-16,21,23-24H2,1H3,(H,36,40)/t31-/m1/s1. The monoisotopic (exact) mass is 687 g/mol. The molecule has 1 aliphatic rings. The maximum absolute atomic E-state index is 14.0. The van der Waals surface area contributed by atoms with E-state index in [2.05, 4.69) is 21.2 Å². The second-order valence-electron chi connectivity index (χ2n) is 11.1. The first-order valence-corrected chi connectivity index (χ1v) is 17.7. The molecule has 3 aromatic carbocycles. The Bertz CT molecular complexity index is 1460. The van der Waals surface area contributed by atoms with Gasteiger partial charge >= 0.3 is 0 Å². The quantitative estimate of drug-likeness (QED) is 0.216. The number of hydrogen-bond acceptors (Lipinski definition) is 4. The van der Waals surface area contributed by atoms with Gasteiger partial charge in [0.05, 0.1) is 11.9 Å². The molecule has 0 unspecified atom stereocenters. The zero-order valence-corrected chi connectivity index (χ0v) is 27.6. The summed E-state index contributed by atoms with van der Waals surface area (Å²) in [7, 11) is -3.59. The number of anilines is 1. The molecule has 3 aromatic rings. The lowest BCUT2D eigenvalue weighted by molar-refractivity contribution is -0.141. The van der Waals surface area contributed by atoms with Crippen molar-refractivity contribution in [2.24, 2.45) is 0 Å². The summed E-state index contributed by atoms with van der Waals surface area (Å²) >= 11 is 9.53. The molecule has 0 aliphatic heterocycles. The van der Waals surface area contributed by atoms with Gasteiger partial charge in [-0.3, -0.25) is 13.9 Å². The maximum Gasteiger partial charge on any atom is 0.243 e. The SMILES string of the molecule is CS(=O)(=O)N(CCCC(=O)N(Cc1cccc(Br)c1)[C@H](Cc1ccccc1)C(=O)NC1CCCCC1)c1ccc(Cl)cc1. The molecule has 10 heteroatoms. The van der Waals surface area contributed by atoms with Gasteiger partial charge in [-0.2, -0.15) is 0 Å². The number of nitrogens with zero attached hydrogens (tertiary/aromatic N) is 2. The topological polar surface area (TPSA) is 86.8 Å². The van der Waals surface area contributed by atoms with Gasteiger partial charge in [-0.05, 0) is 66.8 Å². The highest BCUT2D eigenvalue weighted by atomic mass is 79.9. The van der Waals surface area contributed by atoms with Crippen LogP contribution in [0.25, 0.3) is 0 Å². The third-order valence-corrected chi connectivity index (χ3v) is 9.67. The van der Waals surface area contributed by atoms with Gasteiger partial charge in [0, 0.05) is 41.5 Å². The van der Waals surface area contributed by atoms with Crippen LogP contribution >= 0.6 is 27.5 Å². The summed E-state index contributed by atoms with van der Waals surface area (Å²) in [6.45, 7) is 0.370. The van der Waals surface area contributed by atoms with Gasteiger partial charge < -0.3 is 10.2 Å². The van der Waals surface area contributed by atoms with E-state index in [1.165, 1.54) is 10.7 Å². The van der Waals surface area contributed by atoms with E-state index in [1.54, 1.807) is 29.2 Å². The molecule has 0 saturated heterocycles. The average Bonchev–Trinajstić information content (AvgIpc) is 2.98. The van der Waals surface area contributed by atoms with Crippen LogP contribution in [0.4, 0.5) is 5.69 Å². The van der Waals surface area contributed by atoms with Crippen molar-refractivity contribution >= 4 is 55.1 Å². The van der Waals surface area contributed by atoms with Gasteiger partial charge in [0.2, 0.25) is 21.8 Å². The van der Waals surface area contributed by atoms with Gasteiger partial charge in [0.1, 0.15) is 6.04 Å².